The van der Waals surface area contributed by atoms with Crippen molar-refractivity contribution in [2.75, 3.05) is 13.7 Å². The first-order valence-electron chi connectivity index (χ1n) is 16.5. The highest BCUT2D eigenvalue weighted by molar-refractivity contribution is 6.99. The van der Waals surface area contributed by atoms with Crippen LogP contribution in [0.25, 0.3) is 0 Å². The maximum atomic E-state index is 13.6. The zero-order valence-corrected chi connectivity index (χ0v) is 32.1. The quantitative estimate of drug-likeness (QED) is 0.0755. The molecule has 3 atom stereocenters. The molecule has 0 saturated carbocycles. The van der Waals surface area contributed by atoms with E-state index in [9.17, 15) is 4.79 Å². The molecule has 0 aliphatic heterocycles. The molecule has 0 saturated heterocycles. The van der Waals surface area contributed by atoms with Crippen LogP contribution in [0.1, 0.15) is 53.5 Å². The molecule has 0 aliphatic carbocycles. The Kier molecular flexibility index (Phi) is 13.9. The van der Waals surface area contributed by atoms with Crippen LogP contribution in [0.4, 0.5) is 0 Å². The molecule has 0 spiro atoms. The molecule has 0 heterocycles. The molecule has 3 aromatic rings. The molecule has 0 N–H and O–H groups in total. The highest BCUT2D eigenvalue weighted by Crippen LogP contribution is 2.37. The van der Waals surface area contributed by atoms with Crippen LogP contribution in [0.3, 0.4) is 0 Å². The van der Waals surface area contributed by atoms with Gasteiger partial charge in [-0.1, -0.05) is 120 Å². The predicted octanol–water partition coefficient (Wildman–Crippen LogP) is 7.94. The van der Waals surface area contributed by atoms with Gasteiger partial charge in [0, 0.05) is 5.92 Å². The summed E-state index contributed by atoms with van der Waals surface area (Å²) in [6, 6.07) is 28.9. The highest BCUT2D eigenvalue weighted by Gasteiger charge is 2.50. The van der Waals surface area contributed by atoms with E-state index in [2.05, 4.69) is 100 Å². The van der Waals surface area contributed by atoms with E-state index >= 15 is 0 Å². The number of methoxy groups -OCH3 is 1. The minimum absolute atomic E-state index is 0.0115. The molecular formula is C40H54O5Si2. The molecule has 0 amide bonds. The van der Waals surface area contributed by atoms with Crippen molar-refractivity contribution in [1.29, 1.82) is 0 Å². The van der Waals surface area contributed by atoms with Crippen LogP contribution in [0.2, 0.25) is 24.7 Å². The number of rotatable bonds is 14. The normalized spacial score (nSPS) is 14.4. The summed E-state index contributed by atoms with van der Waals surface area (Å²) < 4.78 is 24.5. The van der Waals surface area contributed by atoms with Crippen molar-refractivity contribution in [3.63, 3.8) is 0 Å². The maximum Gasteiger partial charge on any atom is 0.335 e. The first kappa shape index (κ1) is 38.0. The zero-order chi connectivity index (χ0) is 34.7. The molecule has 0 bridgehead atoms. The summed E-state index contributed by atoms with van der Waals surface area (Å²) in [5, 5.41) is 2.33. The Morgan fingerprint density at radius 3 is 1.91 bits per heavy atom. The summed E-state index contributed by atoms with van der Waals surface area (Å²) >= 11 is 0. The van der Waals surface area contributed by atoms with Gasteiger partial charge in [0.1, 0.15) is 19.9 Å². The van der Waals surface area contributed by atoms with Crippen molar-refractivity contribution in [2.24, 2.45) is 5.92 Å². The molecule has 0 aromatic heterocycles. The van der Waals surface area contributed by atoms with E-state index in [0.29, 0.717) is 13.0 Å². The number of hydrogen-bond acceptors (Lipinski definition) is 5. The van der Waals surface area contributed by atoms with Crippen LogP contribution < -0.4 is 15.1 Å². The summed E-state index contributed by atoms with van der Waals surface area (Å²) in [7, 11) is -2.60. The van der Waals surface area contributed by atoms with Crippen molar-refractivity contribution < 1.29 is 23.4 Å². The van der Waals surface area contributed by atoms with Crippen LogP contribution in [0.15, 0.2) is 96.6 Å². The second-order valence-corrected chi connectivity index (χ2v) is 23.5. The topological polar surface area (TPSA) is 54.0 Å². The molecule has 0 fully saturated rings. The fraction of sp³-hybridized carbons (Fsp3) is 0.425. The molecule has 7 heteroatoms. The SMILES string of the molecule is COc1ccc(COC(C[C@@H](C)C#C[Si](C)(C)C)C(=O)O[C@@H](C)/C=C(\C)CO[Si](c2ccccc2)(c2ccccc2)C(C)(C)C)cc1. The molecule has 3 aromatic carbocycles. The lowest BCUT2D eigenvalue weighted by Gasteiger charge is -2.43. The van der Waals surface area contributed by atoms with Gasteiger partial charge in [-0.15, -0.1) is 11.5 Å². The van der Waals surface area contributed by atoms with Crippen molar-refractivity contribution in [2.45, 2.75) is 91.5 Å². The van der Waals surface area contributed by atoms with E-state index in [4.69, 9.17) is 18.6 Å². The summed E-state index contributed by atoms with van der Waals surface area (Å²) in [6.45, 7) is 20.1. The van der Waals surface area contributed by atoms with Gasteiger partial charge in [0.15, 0.2) is 6.10 Å². The Hall–Kier alpha value is -3.42. The van der Waals surface area contributed by atoms with Crippen LogP contribution in [0, 0.1) is 17.4 Å². The van der Waals surface area contributed by atoms with Crippen LogP contribution in [-0.2, 0) is 25.3 Å². The number of ether oxygens (including phenoxy) is 3. The number of benzene rings is 3. The summed E-state index contributed by atoms with van der Waals surface area (Å²) in [6.07, 6.45) is 1.23. The molecule has 1 unspecified atom stereocenters. The Morgan fingerprint density at radius 2 is 1.43 bits per heavy atom. The number of carbonyl (C=O) groups excluding carboxylic acids is 1. The number of esters is 1. The Labute approximate surface area is 285 Å². The van der Waals surface area contributed by atoms with Crippen molar-refractivity contribution in [3.05, 3.63) is 102 Å². The van der Waals surface area contributed by atoms with Crippen molar-refractivity contribution in [3.8, 4) is 17.2 Å². The molecule has 252 valence electrons. The molecular weight excluding hydrogens is 617 g/mol. The van der Waals surface area contributed by atoms with E-state index < -0.39 is 28.6 Å². The Balaban J connectivity index is 1.78. The van der Waals surface area contributed by atoms with E-state index in [0.717, 1.165) is 16.9 Å². The second kappa shape index (κ2) is 17.1. The molecule has 5 nitrogen and oxygen atoms in total. The van der Waals surface area contributed by atoms with Gasteiger partial charge in [-0.05, 0) is 65.0 Å². The molecule has 3 rings (SSSR count). The van der Waals surface area contributed by atoms with Crippen molar-refractivity contribution >= 4 is 32.7 Å². The summed E-state index contributed by atoms with van der Waals surface area (Å²) in [5.41, 5.74) is 5.38. The average Bonchev–Trinajstić information content (AvgIpc) is 3.02. The molecule has 0 aliphatic rings. The van der Waals surface area contributed by atoms with Gasteiger partial charge in [-0.3, -0.25) is 0 Å². The zero-order valence-electron chi connectivity index (χ0n) is 30.1. The number of carbonyl (C=O) groups is 1. The van der Waals surface area contributed by atoms with Gasteiger partial charge in [-0.2, -0.15) is 0 Å². The maximum absolute atomic E-state index is 13.6. The summed E-state index contributed by atoms with van der Waals surface area (Å²) in [4.78, 5) is 13.6. The van der Waals surface area contributed by atoms with E-state index in [1.165, 1.54) is 10.4 Å². The first-order chi connectivity index (χ1) is 22.1. The third-order valence-corrected chi connectivity index (χ3v) is 13.8. The largest absolute Gasteiger partial charge is 0.497 e. The van der Waals surface area contributed by atoms with E-state index in [1.54, 1.807) is 7.11 Å². The fourth-order valence-corrected chi connectivity index (χ4v) is 10.9. The average molecular weight is 671 g/mol. The lowest BCUT2D eigenvalue weighted by Crippen LogP contribution is -2.66. The minimum atomic E-state index is -2.69. The Bertz CT molecular complexity index is 1450. The lowest BCUT2D eigenvalue weighted by atomic mass is 10.0. The lowest BCUT2D eigenvalue weighted by molar-refractivity contribution is -0.161. The molecule has 47 heavy (non-hydrogen) atoms. The summed E-state index contributed by atoms with van der Waals surface area (Å²) in [5.74, 6) is 3.74. The van der Waals surface area contributed by atoms with Gasteiger partial charge in [0.2, 0.25) is 0 Å². The van der Waals surface area contributed by atoms with Gasteiger partial charge >= 0.3 is 5.97 Å². The van der Waals surface area contributed by atoms with Gasteiger partial charge in [0.25, 0.3) is 8.32 Å². The van der Waals surface area contributed by atoms with Gasteiger partial charge in [-0.25, -0.2) is 4.79 Å². The monoisotopic (exact) mass is 670 g/mol. The van der Waals surface area contributed by atoms with E-state index in [1.807, 2.05) is 63.2 Å². The number of hydrogen-bond donors (Lipinski definition) is 0. The van der Waals surface area contributed by atoms with Gasteiger partial charge in [0.05, 0.1) is 20.3 Å². The second-order valence-electron chi connectivity index (χ2n) is 14.4. The fourth-order valence-electron chi connectivity index (χ4n) is 5.60. The third-order valence-electron chi connectivity index (χ3n) is 7.89. The predicted molar refractivity (Wildman–Crippen MR) is 199 cm³/mol. The van der Waals surface area contributed by atoms with Crippen molar-refractivity contribution in [1.82, 2.24) is 0 Å². The Morgan fingerprint density at radius 1 is 0.872 bits per heavy atom. The smallest absolute Gasteiger partial charge is 0.335 e. The van der Waals surface area contributed by atoms with Crippen LogP contribution in [-0.4, -0.2) is 48.3 Å². The van der Waals surface area contributed by atoms with E-state index in [-0.39, 0.29) is 23.5 Å². The van der Waals surface area contributed by atoms with Gasteiger partial charge < -0.3 is 18.6 Å². The third kappa shape index (κ3) is 11.4. The molecule has 0 radical (unpaired) electrons. The highest BCUT2D eigenvalue weighted by atomic mass is 28.4. The minimum Gasteiger partial charge on any atom is -0.497 e. The van der Waals surface area contributed by atoms with Crippen LogP contribution in [0.5, 0.6) is 5.75 Å². The first-order valence-corrected chi connectivity index (χ1v) is 22.0. The standard InChI is InChI=1S/C40H54O5Si2/c1-31(25-26-46(8,9)10)28-38(43-30-34-21-23-35(42-7)24-22-34)39(41)45-33(3)27-32(2)29-44-47(40(4,5)6,36-17-13-11-14-18-36)37-19-15-12-16-20-37/h11-24,27,31,33,38H,28-30H2,1-10H3/b32-27+/t31-,33-,38?/m0/s1. The van der Waals surface area contributed by atoms with Crippen LogP contribution >= 0.6 is 0 Å².